The molecule has 1 aromatic heterocycles. The second-order valence-corrected chi connectivity index (χ2v) is 7.28. The first-order chi connectivity index (χ1) is 14.6. The van der Waals surface area contributed by atoms with Gasteiger partial charge in [0.25, 0.3) is 0 Å². The van der Waals surface area contributed by atoms with Gasteiger partial charge in [0.15, 0.2) is 0 Å². The molecule has 0 atom stereocenters. The Kier molecular flexibility index (Phi) is 10.9. The quantitative estimate of drug-likeness (QED) is 0.262. The van der Waals surface area contributed by atoms with Gasteiger partial charge >= 0.3 is 35.5 Å². The molecule has 0 bridgehead atoms. The van der Waals surface area contributed by atoms with Gasteiger partial charge in [0, 0.05) is 17.6 Å². The van der Waals surface area contributed by atoms with Crippen molar-refractivity contribution >= 4 is 52.7 Å². The zero-order valence-corrected chi connectivity index (χ0v) is 17.7. The van der Waals surface area contributed by atoms with Crippen molar-refractivity contribution in [1.29, 1.82) is 0 Å². The van der Waals surface area contributed by atoms with Crippen molar-refractivity contribution in [3.8, 4) is 11.5 Å². The number of nitrogens with one attached hydrogen (secondary N) is 1. The molecule has 0 fully saturated rings. The molecule has 1 N–H and O–H groups in total. The Hall–Kier alpha value is -2.05. The van der Waals surface area contributed by atoms with E-state index < -0.39 is 0 Å². The number of rotatable bonds is 10. The van der Waals surface area contributed by atoms with Gasteiger partial charge in [0.1, 0.15) is 11.5 Å². The molecule has 0 spiro atoms. The number of nitrogens with zero attached hydrogens (tertiary/aromatic N) is 1. The van der Waals surface area contributed by atoms with Crippen LogP contribution in [0, 0.1) is 0 Å². The summed E-state index contributed by atoms with van der Waals surface area (Å²) >= 11 is 6.03. The van der Waals surface area contributed by atoms with Crippen LogP contribution < -0.4 is 9.47 Å². The van der Waals surface area contributed by atoms with E-state index in [0.29, 0.717) is 23.6 Å². The van der Waals surface area contributed by atoms with Gasteiger partial charge < -0.3 is 9.47 Å². The predicted molar refractivity (Wildman–Crippen MR) is 126 cm³/mol. The van der Waals surface area contributed by atoms with Crippen LogP contribution in [0.2, 0.25) is 5.02 Å². The van der Waals surface area contributed by atoms with Gasteiger partial charge in [-0.15, -0.1) is 0 Å². The average molecular weight is 449 g/mol. The van der Waals surface area contributed by atoms with Gasteiger partial charge in [-0.3, -0.25) is 9.89 Å². The van der Waals surface area contributed by atoms with Crippen molar-refractivity contribution < 1.29 is 14.3 Å². The predicted octanol–water partition coefficient (Wildman–Crippen LogP) is 5.22. The third kappa shape index (κ3) is 8.54. The number of benzene rings is 2. The Morgan fingerprint density at radius 3 is 2.39 bits per heavy atom. The summed E-state index contributed by atoms with van der Waals surface area (Å²) in [5.74, 6) is 1.00. The fraction of sp³-hybridized carbons (Fsp3) is 0.250. The zero-order valence-electron chi connectivity index (χ0n) is 16.9. The third-order valence-corrected chi connectivity index (χ3v) is 4.93. The number of allylic oxidation sites excluding steroid dienone is 2. The number of halogens is 1. The van der Waals surface area contributed by atoms with Crippen LogP contribution in [0.3, 0.4) is 0 Å². The van der Waals surface area contributed by atoms with E-state index in [1.54, 1.807) is 31.4 Å². The van der Waals surface area contributed by atoms with Crippen molar-refractivity contribution in [3.63, 3.8) is 0 Å². The molecule has 0 amide bonds. The molecular formula is C24H26ClN2NaO3. The Morgan fingerprint density at radius 1 is 1.03 bits per heavy atom. The van der Waals surface area contributed by atoms with Crippen LogP contribution in [0.1, 0.15) is 36.9 Å². The molecule has 31 heavy (non-hydrogen) atoms. The van der Waals surface area contributed by atoms with E-state index in [4.69, 9.17) is 21.1 Å². The van der Waals surface area contributed by atoms with Crippen molar-refractivity contribution in [2.45, 2.75) is 32.1 Å². The number of carbonyl (C=O) groups excluding carboxylic acids is 1. The molecule has 0 unspecified atom stereocenters. The maximum atomic E-state index is 12.2. The number of hydrogen-bond acceptors (Lipinski definition) is 4. The second kappa shape index (κ2) is 13.4. The van der Waals surface area contributed by atoms with E-state index in [0.717, 1.165) is 36.3 Å². The normalized spacial score (nSPS) is 11.0. The first-order valence-electron chi connectivity index (χ1n) is 9.92. The van der Waals surface area contributed by atoms with Crippen molar-refractivity contribution in [2.24, 2.45) is 0 Å². The summed E-state index contributed by atoms with van der Waals surface area (Å²) in [6.07, 6.45) is 7.60. The number of aromatic nitrogens is 2. The van der Waals surface area contributed by atoms with E-state index in [9.17, 15) is 4.79 Å². The Balaban J connectivity index is 0.00000341. The number of hydrogen-bond donors (Lipinski definition) is 1. The number of carbonyl (C=O) groups is 1. The van der Waals surface area contributed by atoms with Crippen LogP contribution in [-0.2, 0) is 11.2 Å². The second-order valence-electron chi connectivity index (χ2n) is 6.84. The summed E-state index contributed by atoms with van der Waals surface area (Å²) in [4.78, 5) is 12.2. The molecule has 158 valence electrons. The van der Waals surface area contributed by atoms with Crippen LogP contribution >= 0.6 is 11.6 Å². The van der Waals surface area contributed by atoms with E-state index in [1.807, 2.05) is 36.5 Å². The molecular weight excluding hydrogens is 423 g/mol. The van der Waals surface area contributed by atoms with Gasteiger partial charge in [0.05, 0.1) is 12.8 Å². The molecule has 7 heteroatoms. The topological polar surface area (TPSA) is 64.2 Å². The molecule has 0 saturated heterocycles. The Bertz CT molecular complexity index is 956. The summed E-state index contributed by atoms with van der Waals surface area (Å²) in [6.45, 7) is 0. The molecule has 0 aliphatic rings. The zero-order chi connectivity index (χ0) is 21.2. The van der Waals surface area contributed by atoms with E-state index in [-0.39, 0.29) is 35.5 Å². The molecule has 2 aromatic carbocycles. The minimum absolute atomic E-state index is 0. The maximum absolute atomic E-state index is 12.2. The van der Waals surface area contributed by atoms with Gasteiger partial charge in [0.2, 0.25) is 0 Å². The van der Waals surface area contributed by atoms with Crippen LogP contribution in [0.5, 0.6) is 11.5 Å². The van der Waals surface area contributed by atoms with Crippen molar-refractivity contribution in [2.75, 3.05) is 7.11 Å². The third-order valence-electron chi connectivity index (χ3n) is 4.68. The number of ether oxygens (including phenoxy) is 2. The SMILES string of the molecule is COc1ccc(OC(=O)CCC/C(=C/CCc2cc[nH]n2)c2ccc(Cl)cc2)cc1.[NaH]. The molecule has 5 nitrogen and oxygen atoms in total. The van der Waals surface area contributed by atoms with Crippen LogP contribution in [-0.4, -0.2) is 52.8 Å². The number of esters is 1. The first-order valence-corrected chi connectivity index (χ1v) is 10.3. The van der Waals surface area contributed by atoms with Crippen LogP contribution in [0.4, 0.5) is 0 Å². The van der Waals surface area contributed by atoms with E-state index in [1.165, 1.54) is 5.57 Å². The molecule has 0 saturated carbocycles. The first kappa shape index (κ1) is 25.2. The van der Waals surface area contributed by atoms with Crippen molar-refractivity contribution in [1.82, 2.24) is 10.2 Å². The van der Waals surface area contributed by atoms with Gasteiger partial charge in [-0.2, -0.15) is 5.10 Å². The van der Waals surface area contributed by atoms with Crippen LogP contribution in [0.25, 0.3) is 5.57 Å². The number of H-pyrrole nitrogens is 1. The minimum atomic E-state index is -0.243. The summed E-state index contributed by atoms with van der Waals surface area (Å²) in [6, 6.07) is 16.8. The number of methoxy groups -OCH3 is 1. The van der Waals surface area contributed by atoms with E-state index in [2.05, 4.69) is 16.3 Å². The van der Waals surface area contributed by atoms with Crippen LogP contribution in [0.15, 0.2) is 66.9 Å². The van der Waals surface area contributed by atoms with Gasteiger partial charge in [-0.25, -0.2) is 0 Å². The number of aryl methyl sites for hydroxylation is 1. The monoisotopic (exact) mass is 448 g/mol. The molecule has 1 heterocycles. The average Bonchev–Trinajstić information content (AvgIpc) is 3.27. The van der Waals surface area contributed by atoms with Gasteiger partial charge in [-0.05, 0) is 79.3 Å². The molecule has 3 aromatic rings. The molecule has 3 rings (SSSR count). The summed E-state index contributed by atoms with van der Waals surface area (Å²) in [5, 5.41) is 7.73. The summed E-state index contributed by atoms with van der Waals surface area (Å²) in [5.41, 5.74) is 3.34. The van der Waals surface area contributed by atoms with E-state index >= 15 is 0 Å². The summed E-state index contributed by atoms with van der Waals surface area (Å²) in [7, 11) is 1.60. The fourth-order valence-corrected chi connectivity index (χ4v) is 3.23. The Morgan fingerprint density at radius 2 is 1.74 bits per heavy atom. The number of aromatic amines is 1. The standard InChI is InChI=1S/C24H25ClN2O3.Na.H/c1-29-22-12-14-23(15-13-22)30-24(28)7-3-5-18(19-8-10-20(25)11-9-19)4-2-6-21-16-17-26-27-21;;/h4,8-17H,2-3,5-7H2,1H3,(H,26,27);;/b18-4-;;. The Labute approximate surface area is 210 Å². The fourth-order valence-electron chi connectivity index (χ4n) is 3.10. The van der Waals surface area contributed by atoms with Gasteiger partial charge in [-0.1, -0.05) is 29.8 Å². The molecule has 0 aliphatic carbocycles. The molecule has 0 radical (unpaired) electrons. The molecule has 0 aliphatic heterocycles. The summed E-state index contributed by atoms with van der Waals surface area (Å²) < 4.78 is 10.5. The van der Waals surface area contributed by atoms with Crippen molar-refractivity contribution in [3.05, 3.63) is 83.2 Å².